The van der Waals surface area contributed by atoms with E-state index >= 15 is 0 Å². The lowest BCUT2D eigenvalue weighted by atomic mass is 9.57. The average Bonchev–Trinajstić information content (AvgIpc) is 2.53. The fourth-order valence-electron chi connectivity index (χ4n) is 3.68. The van der Waals surface area contributed by atoms with Crippen LogP contribution in [0.5, 0.6) is 0 Å². The minimum Gasteiger partial charge on any atom is -0.326 e. The van der Waals surface area contributed by atoms with E-state index < -0.39 is 35.8 Å². The van der Waals surface area contributed by atoms with Gasteiger partial charge in [0.2, 0.25) is 0 Å². The molecule has 6 unspecified atom stereocenters. The van der Waals surface area contributed by atoms with Crippen molar-refractivity contribution in [1.29, 1.82) is 10.5 Å². The Morgan fingerprint density at radius 3 is 1.50 bits per heavy atom. The van der Waals surface area contributed by atoms with Gasteiger partial charge in [-0.1, -0.05) is 24.3 Å². The van der Waals surface area contributed by atoms with Crippen molar-refractivity contribution in [3.05, 3.63) is 35.4 Å². The standard InChI is InChI=1S/C16H14N4O2/c17-5-9-10(6-18)14(20)12-11(13(9)19)15(21)7-3-1-2-4-8(7)16(12)22/h1-4,9-14H,19-20H2. The summed E-state index contributed by atoms with van der Waals surface area (Å²) >= 11 is 0. The van der Waals surface area contributed by atoms with Gasteiger partial charge in [-0.05, 0) is 0 Å². The van der Waals surface area contributed by atoms with Crippen molar-refractivity contribution >= 4 is 11.6 Å². The fraction of sp³-hybridized carbons (Fsp3) is 0.375. The number of nitrogens with two attached hydrogens (primary N) is 2. The van der Waals surface area contributed by atoms with Crippen molar-refractivity contribution in [2.24, 2.45) is 35.1 Å². The molecular weight excluding hydrogens is 280 g/mol. The number of carbonyl (C=O) groups is 2. The summed E-state index contributed by atoms with van der Waals surface area (Å²) in [5.74, 6) is -3.93. The number of Topliss-reactive ketones (excluding diaryl/α,β-unsaturated/α-hetero) is 2. The summed E-state index contributed by atoms with van der Waals surface area (Å²) in [6, 6.07) is 8.76. The van der Waals surface area contributed by atoms with Gasteiger partial charge in [-0.25, -0.2) is 0 Å². The first-order valence-electron chi connectivity index (χ1n) is 7.00. The zero-order valence-electron chi connectivity index (χ0n) is 11.6. The molecule has 22 heavy (non-hydrogen) atoms. The Morgan fingerprint density at radius 2 is 1.18 bits per heavy atom. The largest absolute Gasteiger partial charge is 0.326 e. The summed E-state index contributed by atoms with van der Waals surface area (Å²) in [4.78, 5) is 25.5. The van der Waals surface area contributed by atoms with Crippen LogP contribution in [0.15, 0.2) is 24.3 Å². The molecule has 3 rings (SSSR count). The number of hydrogen-bond acceptors (Lipinski definition) is 6. The zero-order chi connectivity index (χ0) is 16.0. The summed E-state index contributed by atoms with van der Waals surface area (Å²) in [6.45, 7) is 0. The molecule has 6 nitrogen and oxygen atoms in total. The molecule has 1 saturated carbocycles. The molecule has 2 aliphatic rings. The van der Waals surface area contributed by atoms with Gasteiger partial charge >= 0.3 is 0 Å². The molecule has 110 valence electrons. The Hall–Kier alpha value is -2.54. The Morgan fingerprint density at radius 1 is 0.818 bits per heavy atom. The van der Waals surface area contributed by atoms with E-state index in [4.69, 9.17) is 11.5 Å². The van der Waals surface area contributed by atoms with Crippen LogP contribution in [-0.4, -0.2) is 23.7 Å². The van der Waals surface area contributed by atoms with Gasteiger partial charge < -0.3 is 11.5 Å². The average molecular weight is 294 g/mol. The molecule has 1 aromatic carbocycles. The second-order valence-corrected chi connectivity index (χ2v) is 5.79. The van der Waals surface area contributed by atoms with Crippen LogP contribution < -0.4 is 11.5 Å². The highest BCUT2D eigenvalue weighted by Gasteiger charge is 2.56. The van der Waals surface area contributed by atoms with Crippen molar-refractivity contribution in [2.45, 2.75) is 12.1 Å². The van der Waals surface area contributed by atoms with E-state index in [1.54, 1.807) is 24.3 Å². The number of carbonyl (C=O) groups excluding carboxylic acids is 2. The van der Waals surface area contributed by atoms with Crippen molar-refractivity contribution < 1.29 is 9.59 Å². The van der Waals surface area contributed by atoms with E-state index in [0.717, 1.165) is 0 Å². The molecule has 0 spiro atoms. The van der Waals surface area contributed by atoms with Gasteiger partial charge in [-0.15, -0.1) is 0 Å². The van der Waals surface area contributed by atoms with Crippen LogP contribution in [0.2, 0.25) is 0 Å². The Balaban J connectivity index is 2.17. The molecule has 2 aliphatic carbocycles. The summed E-state index contributed by atoms with van der Waals surface area (Å²) in [5, 5.41) is 18.6. The quantitative estimate of drug-likeness (QED) is 0.704. The number of ketones is 2. The first-order valence-corrected chi connectivity index (χ1v) is 7.00. The second kappa shape index (κ2) is 5.03. The van der Waals surface area contributed by atoms with Gasteiger partial charge in [0.1, 0.15) is 0 Å². The third-order valence-corrected chi connectivity index (χ3v) is 4.79. The number of benzene rings is 1. The van der Waals surface area contributed by atoms with Crippen LogP contribution in [0.25, 0.3) is 0 Å². The van der Waals surface area contributed by atoms with Gasteiger partial charge in [0, 0.05) is 23.2 Å². The van der Waals surface area contributed by atoms with E-state index in [0.29, 0.717) is 11.1 Å². The van der Waals surface area contributed by atoms with Crippen molar-refractivity contribution in [2.75, 3.05) is 0 Å². The highest BCUT2D eigenvalue weighted by atomic mass is 16.1. The van der Waals surface area contributed by atoms with E-state index in [2.05, 4.69) is 0 Å². The fourth-order valence-corrected chi connectivity index (χ4v) is 3.68. The number of nitriles is 2. The summed E-state index contributed by atoms with van der Waals surface area (Å²) in [5.41, 5.74) is 12.8. The van der Waals surface area contributed by atoms with Crippen molar-refractivity contribution in [3.63, 3.8) is 0 Å². The third-order valence-electron chi connectivity index (χ3n) is 4.79. The first kappa shape index (κ1) is 14.4. The second-order valence-electron chi connectivity index (χ2n) is 5.79. The molecule has 0 amide bonds. The van der Waals surface area contributed by atoms with Crippen LogP contribution in [0.1, 0.15) is 20.7 Å². The minimum absolute atomic E-state index is 0.264. The molecule has 6 atom stereocenters. The highest BCUT2D eigenvalue weighted by molar-refractivity contribution is 6.16. The van der Waals surface area contributed by atoms with Gasteiger partial charge in [-0.3, -0.25) is 9.59 Å². The molecule has 1 aromatic rings. The van der Waals surface area contributed by atoms with Gasteiger partial charge in [0.25, 0.3) is 0 Å². The van der Waals surface area contributed by atoms with Crippen LogP contribution >= 0.6 is 0 Å². The van der Waals surface area contributed by atoms with Crippen molar-refractivity contribution in [1.82, 2.24) is 0 Å². The van der Waals surface area contributed by atoms with E-state index in [-0.39, 0.29) is 11.6 Å². The molecular formula is C16H14N4O2. The maximum atomic E-state index is 12.7. The molecule has 4 N–H and O–H groups in total. The minimum atomic E-state index is -0.871. The molecule has 0 saturated heterocycles. The van der Waals surface area contributed by atoms with E-state index in [1.165, 1.54) is 0 Å². The first-order chi connectivity index (χ1) is 10.5. The third kappa shape index (κ3) is 1.72. The zero-order valence-corrected chi connectivity index (χ0v) is 11.6. The van der Waals surface area contributed by atoms with Crippen LogP contribution in [-0.2, 0) is 0 Å². The topological polar surface area (TPSA) is 134 Å². The molecule has 6 heteroatoms. The van der Waals surface area contributed by atoms with Crippen LogP contribution in [0, 0.1) is 46.3 Å². The lowest BCUT2D eigenvalue weighted by Gasteiger charge is -2.45. The predicted molar refractivity (Wildman–Crippen MR) is 76.2 cm³/mol. The Kier molecular flexibility index (Phi) is 3.29. The van der Waals surface area contributed by atoms with Gasteiger partial charge in [-0.2, -0.15) is 10.5 Å². The van der Waals surface area contributed by atoms with Gasteiger partial charge in [0.15, 0.2) is 11.6 Å². The molecule has 0 aromatic heterocycles. The molecule has 0 heterocycles. The number of fused-ring (bicyclic) bond motifs is 2. The smallest absolute Gasteiger partial charge is 0.169 e. The number of hydrogen-bond donors (Lipinski definition) is 2. The van der Waals surface area contributed by atoms with Crippen LogP contribution in [0.4, 0.5) is 0 Å². The van der Waals surface area contributed by atoms with E-state index in [1.807, 2.05) is 12.1 Å². The lowest BCUT2D eigenvalue weighted by Crippen LogP contribution is -2.63. The maximum Gasteiger partial charge on any atom is 0.169 e. The summed E-state index contributed by atoms with van der Waals surface area (Å²) in [7, 11) is 0. The molecule has 0 bridgehead atoms. The Bertz CT molecular complexity index is 682. The lowest BCUT2D eigenvalue weighted by molar-refractivity contribution is 0.0517. The normalized spacial score (nSPS) is 36.7. The SMILES string of the molecule is N#CC1C(N)C2C(=O)c3ccccc3C(=O)C2C(N)C1C#N. The van der Waals surface area contributed by atoms with Gasteiger partial charge in [0.05, 0.1) is 35.8 Å². The Labute approximate surface area is 127 Å². The highest BCUT2D eigenvalue weighted by Crippen LogP contribution is 2.43. The molecule has 1 fully saturated rings. The summed E-state index contributed by atoms with van der Waals surface area (Å²) < 4.78 is 0. The van der Waals surface area contributed by atoms with Crippen LogP contribution in [0.3, 0.4) is 0 Å². The molecule has 0 aliphatic heterocycles. The van der Waals surface area contributed by atoms with Crippen molar-refractivity contribution in [3.8, 4) is 12.1 Å². The summed E-state index contributed by atoms with van der Waals surface area (Å²) in [6.07, 6.45) is 0. The van der Waals surface area contributed by atoms with E-state index in [9.17, 15) is 20.1 Å². The maximum absolute atomic E-state index is 12.7. The number of nitrogens with zero attached hydrogens (tertiary/aromatic N) is 2. The molecule has 0 radical (unpaired) electrons. The predicted octanol–water partition coefficient (Wildman–Crippen LogP) is 0.246. The number of rotatable bonds is 0. The monoisotopic (exact) mass is 294 g/mol.